The Kier molecular flexibility index (Phi) is 8.36. The average molecular weight is 284 g/mol. The van der Waals surface area contributed by atoms with Crippen LogP contribution >= 0.6 is 0 Å². The summed E-state index contributed by atoms with van der Waals surface area (Å²) in [5.74, 6) is -3.59. The maximum Gasteiger partial charge on any atom is 0.333 e. The molecule has 0 aliphatic heterocycles. The third-order valence-electron chi connectivity index (χ3n) is 2.12. The molecule has 1 aromatic rings. The van der Waals surface area contributed by atoms with Crippen LogP contribution < -0.4 is 0 Å². The van der Waals surface area contributed by atoms with Crippen molar-refractivity contribution in [2.75, 3.05) is 0 Å². The quantitative estimate of drug-likeness (QED) is 0.601. The zero-order valence-corrected chi connectivity index (χ0v) is 10.6. The maximum atomic E-state index is 10.2. The van der Waals surface area contributed by atoms with Crippen molar-refractivity contribution in [3.05, 3.63) is 35.9 Å². The molecule has 0 saturated heterocycles. The fraction of sp³-hybridized carbons (Fsp3) is 0.308. The number of aryl methyl sites for hydroxylation is 1. The molecule has 1 rings (SSSR count). The average Bonchev–Trinajstić information content (AvgIpc) is 2.37. The van der Waals surface area contributed by atoms with E-state index in [1.807, 2.05) is 30.3 Å². The lowest BCUT2D eigenvalue weighted by Gasteiger charge is -1.97. The molecule has 1 atom stereocenters. The van der Waals surface area contributed by atoms with Crippen LogP contribution in [0.1, 0.15) is 18.4 Å². The predicted octanol–water partition coefficient (Wildman–Crippen LogP) is 0.610. The number of aliphatic hydroxyl groups excluding tert-OH is 1. The molecule has 110 valence electrons. The first-order valence-corrected chi connectivity index (χ1v) is 5.71. The highest BCUT2D eigenvalue weighted by Gasteiger charge is 2.16. The summed E-state index contributed by atoms with van der Waals surface area (Å²) >= 11 is 0. The monoisotopic (exact) mass is 284 g/mol. The third-order valence-corrected chi connectivity index (χ3v) is 2.12. The molecule has 0 radical (unpaired) electrons. The van der Waals surface area contributed by atoms with Crippen molar-refractivity contribution in [3.63, 3.8) is 0 Å². The van der Waals surface area contributed by atoms with Crippen LogP contribution in [0, 0.1) is 0 Å². The van der Waals surface area contributed by atoms with Crippen molar-refractivity contribution in [1.82, 2.24) is 0 Å². The molecule has 0 saturated carbocycles. The second-order valence-corrected chi connectivity index (χ2v) is 3.83. The van der Waals surface area contributed by atoms with Crippen LogP contribution in [0.15, 0.2) is 30.3 Å². The summed E-state index contributed by atoms with van der Waals surface area (Å²) in [5.41, 5.74) is 1.08. The van der Waals surface area contributed by atoms with Crippen LogP contribution in [0.3, 0.4) is 0 Å². The van der Waals surface area contributed by atoms with Gasteiger partial charge in [0, 0.05) is 6.42 Å². The summed E-state index contributed by atoms with van der Waals surface area (Å²) < 4.78 is 0. The second kappa shape index (κ2) is 9.51. The number of aliphatic carboxylic acids is 3. The first-order valence-electron chi connectivity index (χ1n) is 5.71. The second-order valence-electron chi connectivity index (χ2n) is 3.83. The van der Waals surface area contributed by atoms with E-state index in [-0.39, 0.29) is 6.42 Å². The molecule has 1 aromatic carbocycles. The largest absolute Gasteiger partial charge is 0.481 e. The van der Waals surface area contributed by atoms with Crippen LogP contribution in [0.25, 0.3) is 0 Å². The van der Waals surface area contributed by atoms with Crippen molar-refractivity contribution < 1.29 is 34.8 Å². The van der Waals surface area contributed by atoms with Crippen LogP contribution in [0.5, 0.6) is 0 Å². The standard InChI is InChI=1S/C9H10O2.C4H6O5/c10-9(11)7-6-8-4-2-1-3-5-8;5-2(4(8)9)1-3(6)7/h1-5H,6-7H2,(H,10,11);2,5H,1H2,(H,6,7)(H,8,9). The molecule has 7 nitrogen and oxygen atoms in total. The Morgan fingerprint density at radius 2 is 1.50 bits per heavy atom. The number of carbonyl (C=O) groups is 3. The molecule has 0 fully saturated rings. The van der Waals surface area contributed by atoms with Gasteiger partial charge in [0.05, 0.1) is 6.42 Å². The van der Waals surface area contributed by atoms with E-state index < -0.39 is 30.4 Å². The fourth-order valence-corrected chi connectivity index (χ4v) is 1.15. The van der Waals surface area contributed by atoms with E-state index in [0.29, 0.717) is 6.42 Å². The zero-order valence-electron chi connectivity index (χ0n) is 10.6. The van der Waals surface area contributed by atoms with Gasteiger partial charge in [-0.25, -0.2) is 4.79 Å². The number of hydrogen-bond acceptors (Lipinski definition) is 4. The first kappa shape index (κ1) is 17.6. The van der Waals surface area contributed by atoms with Gasteiger partial charge in [-0.3, -0.25) is 9.59 Å². The first-order chi connectivity index (χ1) is 9.32. The number of hydrogen-bond donors (Lipinski definition) is 4. The van der Waals surface area contributed by atoms with Gasteiger partial charge in [0.25, 0.3) is 0 Å². The summed E-state index contributed by atoms with van der Waals surface area (Å²) in [5, 5.41) is 32.5. The molecule has 7 heteroatoms. The van der Waals surface area contributed by atoms with Crippen molar-refractivity contribution in [2.24, 2.45) is 0 Å². The zero-order chi connectivity index (χ0) is 15.5. The molecule has 0 amide bonds. The SMILES string of the molecule is O=C(O)CC(O)C(=O)O.O=C(O)CCc1ccccc1. The van der Waals surface area contributed by atoms with Gasteiger partial charge in [0.15, 0.2) is 6.10 Å². The van der Waals surface area contributed by atoms with Crippen molar-refractivity contribution in [2.45, 2.75) is 25.4 Å². The van der Waals surface area contributed by atoms with Crippen molar-refractivity contribution in [1.29, 1.82) is 0 Å². The normalized spacial score (nSPS) is 10.8. The Labute approximate surface area is 115 Å². The molecule has 4 N–H and O–H groups in total. The van der Waals surface area contributed by atoms with E-state index in [2.05, 4.69) is 0 Å². The van der Waals surface area contributed by atoms with E-state index >= 15 is 0 Å². The van der Waals surface area contributed by atoms with Gasteiger partial charge in [0.1, 0.15) is 0 Å². The van der Waals surface area contributed by atoms with Crippen LogP contribution in [-0.4, -0.2) is 44.4 Å². The summed E-state index contributed by atoms with van der Waals surface area (Å²) in [4.78, 5) is 29.6. The number of carboxylic acids is 3. The molecule has 1 unspecified atom stereocenters. The number of benzene rings is 1. The lowest BCUT2D eigenvalue weighted by molar-refractivity contribution is -0.152. The molecular weight excluding hydrogens is 268 g/mol. The molecule has 0 heterocycles. The summed E-state index contributed by atoms with van der Waals surface area (Å²) in [6.07, 6.45) is -1.71. The van der Waals surface area contributed by atoms with E-state index in [1.54, 1.807) is 0 Å². The Morgan fingerprint density at radius 3 is 1.85 bits per heavy atom. The van der Waals surface area contributed by atoms with Gasteiger partial charge >= 0.3 is 17.9 Å². The van der Waals surface area contributed by atoms with E-state index in [0.717, 1.165) is 5.56 Å². The highest BCUT2D eigenvalue weighted by molar-refractivity contribution is 5.79. The van der Waals surface area contributed by atoms with E-state index in [1.165, 1.54) is 0 Å². The predicted molar refractivity (Wildman–Crippen MR) is 68.3 cm³/mol. The number of rotatable bonds is 6. The number of carboxylic acid groups (broad SMARTS) is 3. The van der Waals surface area contributed by atoms with Crippen LogP contribution in [0.4, 0.5) is 0 Å². The summed E-state index contributed by atoms with van der Waals surface area (Å²) in [6, 6.07) is 9.62. The molecule has 0 bridgehead atoms. The minimum Gasteiger partial charge on any atom is -0.481 e. The van der Waals surface area contributed by atoms with Crippen LogP contribution in [-0.2, 0) is 20.8 Å². The molecule has 0 spiro atoms. The molecule has 20 heavy (non-hydrogen) atoms. The Hall–Kier alpha value is -2.41. The van der Waals surface area contributed by atoms with Crippen molar-refractivity contribution >= 4 is 17.9 Å². The lowest BCUT2D eigenvalue weighted by Crippen LogP contribution is -2.22. The van der Waals surface area contributed by atoms with E-state index in [9.17, 15) is 14.4 Å². The fourth-order valence-electron chi connectivity index (χ4n) is 1.15. The smallest absolute Gasteiger partial charge is 0.333 e. The van der Waals surface area contributed by atoms with Crippen LogP contribution in [0.2, 0.25) is 0 Å². The van der Waals surface area contributed by atoms with Gasteiger partial charge in [-0.1, -0.05) is 30.3 Å². The molecule has 0 aromatic heterocycles. The van der Waals surface area contributed by atoms with Gasteiger partial charge in [-0.15, -0.1) is 0 Å². The third kappa shape index (κ3) is 9.60. The lowest BCUT2D eigenvalue weighted by atomic mass is 10.1. The molecule has 0 aliphatic carbocycles. The number of aliphatic hydroxyl groups is 1. The van der Waals surface area contributed by atoms with E-state index in [4.69, 9.17) is 20.4 Å². The molecular formula is C13H16O7. The van der Waals surface area contributed by atoms with Gasteiger partial charge < -0.3 is 20.4 Å². The minimum absolute atomic E-state index is 0.212. The Bertz CT molecular complexity index is 441. The Balaban J connectivity index is 0.000000370. The summed E-state index contributed by atoms with van der Waals surface area (Å²) in [7, 11) is 0. The highest BCUT2D eigenvalue weighted by atomic mass is 16.4. The van der Waals surface area contributed by atoms with Gasteiger partial charge in [0.2, 0.25) is 0 Å². The van der Waals surface area contributed by atoms with Gasteiger partial charge in [-0.05, 0) is 12.0 Å². The van der Waals surface area contributed by atoms with Gasteiger partial charge in [-0.2, -0.15) is 0 Å². The molecule has 0 aliphatic rings. The maximum absolute atomic E-state index is 10.2. The topological polar surface area (TPSA) is 132 Å². The highest BCUT2D eigenvalue weighted by Crippen LogP contribution is 2.01. The minimum atomic E-state index is -1.79. The Morgan fingerprint density at radius 1 is 0.950 bits per heavy atom. The van der Waals surface area contributed by atoms with Crippen molar-refractivity contribution in [3.8, 4) is 0 Å². The summed E-state index contributed by atoms with van der Waals surface area (Å²) in [6.45, 7) is 0.